The number of carbonyl (C=O) groups excluding carboxylic acids is 1. The van der Waals surface area contributed by atoms with Crippen molar-refractivity contribution in [3.63, 3.8) is 0 Å². The highest BCUT2D eigenvalue weighted by molar-refractivity contribution is 7.89. The minimum absolute atomic E-state index is 0.0473. The van der Waals surface area contributed by atoms with Gasteiger partial charge in [0.1, 0.15) is 0 Å². The van der Waals surface area contributed by atoms with Gasteiger partial charge < -0.3 is 10.4 Å². The van der Waals surface area contributed by atoms with Gasteiger partial charge in [-0.1, -0.05) is 6.07 Å². The van der Waals surface area contributed by atoms with Crippen molar-refractivity contribution in [1.29, 1.82) is 0 Å². The monoisotopic (exact) mass is 368 g/mol. The Morgan fingerprint density at radius 3 is 2.46 bits per heavy atom. The zero-order valence-electron chi connectivity index (χ0n) is 13.2. The summed E-state index contributed by atoms with van der Waals surface area (Å²) in [6.45, 7) is 1.63. The van der Waals surface area contributed by atoms with Gasteiger partial charge in [0.15, 0.2) is 0 Å². The number of carbonyl (C=O) groups is 2. The summed E-state index contributed by atoms with van der Waals surface area (Å²) in [7, 11) is -0.785. The largest absolute Gasteiger partial charge is 0.478 e. The van der Waals surface area contributed by atoms with Crippen molar-refractivity contribution in [2.24, 2.45) is 0 Å². The lowest BCUT2D eigenvalue weighted by atomic mass is 10.2. The number of aryl methyl sites for hydroxylation is 1. The Hall–Kier alpha value is -2.23. The fraction of sp³-hybridized carbons (Fsp3) is 0.200. The molecule has 2 rings (SSSR count). The SMILES string of the molecule is Cc1sc(C(=O)Nc2cccc(C(=O)O)c2)cc1S(=O)(=O)N(C)C. The third kappa shape index (κ3) is 3.64. The van der Waals surface area contributed by atoms with Gasteiger partial charge in [-0.3, -0.25) is 4.79 Å². The number of nitrogens with one attached hydrogen (secondary N) is 1. The van der Waals surface area contributed by atoms with E-state index in [-0.39, 0.29) is 15.3 Å². The zero-order valence-corrected chi connectivity index (χ0v) is 14.9. The molecule has 0 aliphatic carbocycles. The lowest BCUT2D eigenvalue weighted by Gasteiger charge is -2.10. The molecule has 1 amide bonds. The van der Waals surface area contributed by atoms with E-state index >= 15 is 0 Å². The third-order valence-electron chi connectivity index (χ3n) is 3.22. The number of anilines is 1. The number of carboxylic acids is 1. The van der Waals surface area contributed by atoms with Gasteiger partial charge in [-0.05, 0) is 31.2 Å². The van der Waals surface area contributed by atoms with Crippen molar-refractivity contribution in [2.75, 3.05) is 19.4 Å². The average Bonchev–Trinajstić information content (AvgIpc) is 2.90. The molecule has 1 aromatic carbocycles. The smallest absolute Gasteiger partial charge is 0.335 e. The molecule has 24 heavy (non-hydrogen) atoms. The van der Waals surface area contributed by atoms with Gasteiger partial charge >= 0.3 is 5.97 Å². The van der Waals surface area contributed by atoms with E-state index < -0.39 is 21.9 Å². The maximum atomic E-state index is 12.3. The number of benzene rings is 1. The molecule has 2 aromatic rings. The van der Waals surface area contributed by atoms with E-state index in [2.05, 4.69) is 5.32 Å². The molecule has 1 aromatic heterocycles. The summed E-state index contributed by atoms with van der Waals surface area (Å²) in [6, 6.07) is 7.14. The molecule has 0 spiro atoms. The van der Waals surface area contributed by atoms with E-state index in [4.69, 9.17) is 5.11 Å². The van der Waals surface area contributed by atoms with E-state index in [1.54, 1.807) is 13.0 Å². The molecule has 128 valence electrons. The highest BCUT2D eigenvalue weighted by Crippen LogP contribution is 2.28. The number of hydrogen-bond donors (Lipinski definition) is 2. The summed E-state index contributed by atoms with van der Waals surface area (Å²) in [5, 5.41) is 11.5. The van der Waals surface area contributed by atoms with Gasteiger partial charge in [-0.15, -0.1) is 11.3 Å². The fourth-order valence-corrected chi connectivity index (χ4v) is 4.30. The third-order valence-corrected chi connectivity index (χ3v) is 6.34. The number of aromatic carboxylic acids is 1. The maximum absolute atomic E-state index is 12.3. The molecular formula is C15H16N2O5S2. The standard InChI is InChI=1S/C15H16N2O5S2/c1-9-13(24(21,22)17(2)3)8-12(23-9)14(18)16-11-6-4-5-10(7-11)15(19)20/h4-8H,1-3H3,(H,16,18)(H,19,20). The number of hydrogen-bond acceptors (Lipinski definition) is 5. The normalized spacial score (nSPS) is 11.5. The molecule has 7 nitrogen and oxygen atoms in total. The van der Waals surface area contributed by atoms with Crippen LogP contribution in [0.15, 0.2) is 35.2 Å². The van der Waals surface area contributed by atoms with Gasteiger partial charge in [0.25, 0.3) is 5.91 Å². The van der Waals surface area contributed by atoms with Gasteiger partial charge in [0.2, 0.25) is 10.0 Å². The molecule has 0 aliphatic rings. The number of thiophene rings is 1. The van der Waals surface area contributed by atoms with E-state index in [1.165, 1.54) is 38.4 Å². The summed E-state index contributed by atoms with van der Waals surface area (Å²) >= 11 is 1.06. The van der Waals surface area contributed by atoms with Crippen LogP contribution < -0.4 is 5.32 Å². The molecule has 0 fully saturated rings. The quantitative estimate of drug-likeness (QED) is 0.842. The zero-order chi connectivity index (χ0) is 18.1. The van der Waals surface area contributed by atoms with Crippen LogP contribution in [0, 0.1) is 6.92 Å². The second-order valence-corrected chi connectivity index (χ2v) is 8.54. The van der Waals surface area contributed by atoms with Crippen LogP contribution in [-0.4, -0.2) is 43.8 Å². The van der Waals surface area contributed by atoms with Crippen molar-refractivity contribution in [1.82, 2.24) is 4.31 Å². The van der Waals surface area contributed by atoms with E-state index in [0.29, 0.717) is 10.6 Å². The Morgan fingerprint density at radius 1 is 1.21 bits per heavy atom. The van der Waals surface area contributed by atoms with E-state index in [1.807, 2.05) is 0 Å². The Labute approximate surface area is 143 Å². The van der Waals surface area contributed by atoms with Gasteiger partial charge in [-0.2, -0.15) is 0 Å². The Kier molecular flexibility index (Phi) is 5.07. The molecule has 0 radical (unpaired) electrons. The predicted molar refractivity (Wildman–Crippen MR) is 91.3 cm³/mol. The first-order valence-corrected chi connectivity index (χ1v) is 9.06. The molecule has 0 aliphatic heterocycles. The molecule has 0 unspecified atom stereocenters. The first-order valence-electron chi connectivity index (χ1n) is 6.80. The van der Waals surface area contributed by atoms with Crippen molar-refractivity contribution >= 4 is 38.9 Å². The Bertz CT molecular complexity index is 900. The van der Waals surface area contributed by atoms with E-state index in [9.17, 15) is 18.0 Å². The fourth-order valence-electron chi connectivity index (χ4n) is 1.95. The second kappa shape index (κ2) is 6.71. The molecule has 0 saturated heterocycles. The molecule has 0 bridgehead atoms. The van der Waals surface area contributed by atoms with Crippen LogP contribution in [0.3, 0.4) is 0 Å². The van der Waals surface area contributed by atoms with Crippen molar-refractivity contribution in [2.45, 2.75) is 11.8 Å². The number of sulfonamides is 1. The first-order chi connectivity index (χ1) is 11.1. The summed E-state index contributed by atoms with van der Waals surface area (Å²) in [5.41, 5.74) is 0.369. The van der Waals surface area contributed by atoms with Crippen molar-refractivity contribution < 1.29 is 23.1 Å². The predicted octanol–water partition coefficient (Wildman–Crippen LogP) is 2.26. The topological polar surface area (TPSA) is 104 Å². The van der Waals surface area contributed by atoms with Crippen LogP contribution >= 0.6 is 11.3 Å². The minimum Gasteiger partial charge on any atom is -0.478 e. The summed E-state index contributed by atoms with van der Waals surface area (Å²) in [4.78, 5) is 24.1. The molecule has 0 saturated carbocycles. The minimum atomic E-state index is -3.63. The molecule has 0 atom stereocenters. The van der Waals surface area contributed by atoms with Crippen LogP contribution in [0.5, 0.6) is 0 Å². The molecule has 9 heteroatoms. The maximum Gasteiger partial charge on any atom is 0.335 e. The summed E-state index contributed by atoms with van der Waals surface area (Å²) < 4.78 is 25.5. The van der Waals surface area contributed by atoms with Crippen LogP contribution in [-0.2, 0) is 10.0 Å². The van der Waals surface area contributed by atoms with Crippen molar-refractivity contribution in [3.05, 3.63) is 45.6 Å². The Balaban J connectivity index is 2.29. The van der Waals surface area contributed by atoms with Crippen LogP contribution in [0.25, 0.3) is 0 Å². The number of carboxylic acid groups (broad SMARTS) is 1. The molecular weight excluding hydrogens is 352 g/mol. The van der Waals surface area contributed by atoms with Gasteiger partial charge in [0, 0.05) is 24.7 Å². The molecule has 1 heterocycles. The highest BCUT2D eigenvalue weighted by Gasteiger charge is 2.24. The van der Waals surface area contributed by atoms with Crippen LogP contribution in [0.4, 0.5) is 5.69 Å². The number of amides is 1. The van der Waals surface area contributed by atoms with Gasteiger partial charge in [-0.25, -0.2) is 17.5 Å². The van der Waals surface area contributed by atoms with E-state index in [0.717, 1.165) is 15.6 Å². The Morgan fingerprint density at radius 2 is 1.88 bits per heavy atom. The first kappa shape index (κ1) is 18.1. The highest BCUT2D eigenvalue weighted by atomic mass is 32.2. The lowest BCUT2D eigenvalue weighted by Crippen LogP contribution is -2.22. The van der Waals surface area contributed by atoms with Crippen molar-refractivity contribution in [3.8, 4) is 0 Å². The molecule has 2 N–H and O–H groups in total. The van der Waals surface area contributed by atoms with Gasteiger partial charge in [0.05, 0.1) is 15.3 Å². The number of rotatable bonds is 5. The van der Waals surface area contributed by atoms with Crippen LogP contribution in [0.2, 0.25) is 0 Å². The lowest BCUT2D eigenvalue weighted by molar-refractivity contribution is 0.0696. The summed E-state index contributed by atoms with van der Waals surface area (Å²) in [6.07, 6.45) is 0. The average molecular weight is 368 g/mol. The second-order valence-electron chi connectivity index (χ2n) is 5.16. The van der Waals surface area contributed by atoms with Crippen LogP contribution in [0.1, 0.15) is 24.9 Å². The number of nitrogens with zero attached hydrogens (tertiary/aromatic N) is 1. The summed E-state index contributed by atoms with van der Waals surface area (Å²) in [5.74, 6) is -1.59.